The molecule has 0 heterocycles. The minimum absolute atomic E-state index is 0.0433. The minimum Gasteiger partial charge on any atom is -0.399 e. The molecule has 0 atom stereocenters. The van der Waals surface area contributed by atoms with Crippen LogP contribution in [-0.2, 0) is 4.79 Å². The first kappa shape index (κ1) is 16.0. The minimum atomic E-state index is -0.0433. The predicted octanol–water partition coefficient (Wildman–Crippen LogP) is 2.22. The average molecular weight is 274 g/mol. The van der Waals surface area contributed by atoms with E-state index in [4.69, 9.17) is 11.0 Å². The second-order valence-electron chi connectivity index (χ2n) is 4.96. The first-order valence-electron chi connectivity index (χ1n) is 6.79. The smallest absolute Gasteiger partial charge is 0.225 e. The molecule has 1 aromatic rings. The Labute approximate surface area is 120 Å². The van der Waals surface area contributed by atoms with E-state index in [1.54, 1.807) is 18.2 Å². The van der Waals surface area contributed by atoms with Crippen LogP contribution in [-0.4, -0.2) is 29.9 Å². The molecule has 20 heavy (non-hydrogen) atoms. The Morgan fingerprint density at radius 3 is 2.80 bits per heavy atom. The van der Waals surface area contributed by atoms with Gasteiger partial charge in [0.25, 0.3) is 0 Å². The average Bonchev–Trinajstić information content (AvgIpc) is 2.38. The first-order chi connectivity index (χ1) is 9.52. The summed E-state index contributed by atoms with van der Waals surface area (Å²) >= 11 is 0. The van der Waals surface area contributed by atoms with Crippen LogP contribution >= 0.6 is 0 Å². The number of hydrogen-bond acceptors (Lipinski definition) is 4. The molecule has 0 spiro atoms. The maximum absolute atomic E-state index is 11.9. The Morgan fingerprint density at radius 1 is 1.45 bits per heavy atom. The van der Waals surface area contributed by atoms with Crippen LogP contribution in [0.2, 0.25) is 0 Å². The van der Waals surface area contributed by atoms with Gasteiger partial charge in [0, 0.05) is 43.3 Å². The van der Waals surface area contributed by atoms with Crippen molar-refractivity contribution in [2.75, 3.05) is 24.1 Å². The summed E-state index contributed by atoms with van der Waals surface area (Å²) in [6.07, 6.45) is 0.882. The van der Waals surface area contributed by atoms with Crippen molar-refractivity contribution < 1.29 is 4.79 Å². The molecule has 1 amide bonds. The Morgan fingerprint density at radius 2 is 2.20 bits per heavy atom. The van der Waals surface area contributed by atoms with E-state index in [-0.39, 0.29) is 5.91 Å². The SMILES string of the molecule is CC(C)N(CCC#N)CCC(=O)Nc1cccc(N)c1. The zero-order valence-electron chi connectivity index (χ0n) is 12.1. The molecule has 0 aromatic heterocycles. The first-order valence-corrected chi connectivity index (χ1v) is 6.79. The fourth-order valence-corrected chi connectivity index (χ4v) is 1.91. The van der Waals surface area contributed by atoms with E-state index in [1.165, 1.54) is 0 Å². The van der Waals surface area contributed by atoms with Gasteiger partial charge in [0.2, 0.25) is 5.91 Å². The van der Waals surface area contributed by atoms with Gasteiger partial charge in [0.15, 0.2) is 0 Å². The van der Waals surface area contributed by atoms with E-state index in [2.05, 4.69) is 30.1 Å². The number of nitriles is 1. The van der Waals surface area contributed by atoms with Gasteiger partial charge < -0.3 is 11.1 Å². The van der Waals surface area contributed by atoms with Gasteiger partial charge in [-0.05, 0) is 32.0 Å². The monoisotopic (exact) mass is 274 g/mol. The maximum Gasteiger partial charge on any atom is 0.225 e. The van der Waals surface area contributed by atoms with Crippen molar-refractivity contribution in [3.05, 3.63) is 24.3 Å². The quantitative estimate of drug-likeness (QED) is 0.747. The summed E-state index contributed by atoms with van der Waals surface area (Å²) < 4.78 is 0. The van der Waals surface area contributed by atoms with Crippen molar-refractivity contribution in [2.45, 2.75) is 32.7 Å². The molecule has 108 valence electrons. The van der Waals surface area contributed by atoms with E-state index in [1.807, 2.05) is 6.07 Å². The van der Waals surface area contributed by atoms with Crippen LogP contribution in [0.25, 0.3) is 0 Å². The molecule has 3 N–H and O–H groups in total. The normalized spacial score (nSPS) is 10.6. The van der Waals surface area contributed by atoms with Crippen LogP contribution in [0.4, 0.5) is 11.4 Å². The molecule has 0 saturated heterocycles. The number of anilines is 2. The van der Waals surface area contributed by atoms with Gasteiger partial charge in [-0.3, -0.25) is 9.69 Å². The molecule has 0 fully saturated rings. The summed E-state index contributed by atoms with van der Waals surface area (Å²) in [7, 11) is 0. The van der Waals surface area contributed by atoms with Crippen molar-refractivity contribution in [3.63, 3.8) is 0 Å². The molecule has 0 bridgehead atoms. The second-order valence-corrected chi connectivity index (χ2v) is 4.96. The number of carbonyl (C=O) groups is 1. The number of hydrogen-bond donors (Lipinski definition) is 2. The molecule has 5 nitrogen and oxygen atoms in total. The summed E-state index contributed by atoms with van der Waals surface area (Å²) in [4.78, 5) is 14.0. The lowest BCUT2D eigenvalue weighted by atomic mass is 10.2. The molecule has 0 saturated carbocycles. The highest BCUT2D eigenvalue weighted by Crippen LogP contribution is 2.12. The molecule has 0 radical (unpaired) electrons. The van der Waals surface area contributed by atoms with E-state index >= 15 is 0 Å². The Balaban J connectivity index is 2.43. The summed E-state index contributed by atoms with van der Waals surface area (Å²) in [5.41, 5.74) is 7.00. The molecule has 1 aromatic carbocycles. The molecule has 1 rings (SSSR count). The third-order valence-electron chi connectivity index (χ3n) is 3.04. The highest BCUT2D eigenvalue weighted by molar-refractivity contribution is 5.91. The van der Waals surface area contributed by atoms with Gasteiger partial charge in [-0.15, -0.1) is 0 Å². The lowest BCUT2D eigenvalue weighted by Gasteiger charge is -2.25. The van der Waals surface area contributed by atoms with Gasteiger partial charge in [-0.25, -0.2) is 0 Å². The number of nitrogens with one attached hydrogen (secondary N) is 1. The molecular weight excluding hydrogens is 252 g/mol. The molecular formula is C15H22N4O. The van der Waals surface area contributed by atoms with Gasteiger partial charge >= 0.3 is 0 Å². The lowest BCUT2D eigenvalue weighted by Crippen LogP contribution is -2.34. The standard InChI is InChI=1S/C15H22N4O/c1-12(2)19(9-4-8-16)10-7-15(20)18-14-6-3-5-13(17)11-14/h3,5-6,11-12H,4,7,9-10,17H2,1-2H3,(H,18,20). The summed E-state index contributed by atoms with van der Waals surface area (Å²) in [6.45, 7) is 5.47. The number of nitrogens with zero attached hydrogens (tertiary/aromatic N) is 2. The van der Waals surface area contributed by atoms with Gasteiger partial charge in [-0.1, -0.05) is 6.07 Å². The van der Waals surface area contributed by atoms with E-state index in [0.717, 1.165) is 0 Å². The third kappa shape index (κ3) is 5.72. The van der Waals surface area contributed by atoms with Gasteiger partial charge in [-0.2, -0.15) is 5.26 Å². The number of benzene rings is 1. The zero-order chi connectivity index (χ0) is 15.0. The number of nitrogens with two attached hydrogens (primary N) is 1. The van der Waals surface area contributed by atoms with Crippen molar-refractivity contribution in [2.24, 2.45) is 0 Å². The van der Waals surface area contributed by atoms with Gasteiger partial charge in [0.05, 0.1) is 6.07 Å². The van der Waals surface area contributed by atoms with Crippen molar-refractivity contribution in [1.29, 1.82) is 5.26 Å². The summed E-state index contributed by atoms with van der Waals surface area (Å²) in [5.74, 6) is -0.0433. The molecule has 0 aliphatic heterocycles. The molecule has 0 aliphatic rings. The highest BCUT2D eigenvalue weighted by atomic mass is 16.1. The molecule has 0 aliphatic carbocycles. The second kappa shape index (κ2) is 8.18. The number of rotatable bonds is 7. The fraction of sp³-hybridized carbons (Fsp3) is 0.467. The topological polar surface area (TPSA) is 82.2 Å². The van der Waals surface area contributed by atoms with Crippen molar-refractivity contribution >= 4 is 17.3 Å². The van der Waals surface area contributed by atoms with E-state index in [0.29, 0.717) is 43.3 Å². The fourth-order valence-electron chi connectivity index (χ4n) is 1.91. The van der Waals surface area contributed by atoms with Crippen molar-refractivity contribution in [1.82, 2.24) is 4.90 Å². The van der Waals surface area contributed by atoms with E-state index in [9.17, 15) is 4.79 Å². The van der Waals surface area contributed by atoms with Crippen LogP contribution in [0.3, 0.4) is 0 Å². The molecule has 5 heteroatoms. The summed E-state index contributed by atoms with van der Waals surface area (Å²) in [5, 5.41) is 11.4. The van der Waals surface area contributed by atoms with Crippen molar-refractivity contribution in [3.8, 4) is 6.07 Å². The Bertz CT molecular complexity index is 479. The Kier molecular flexibility index (Phi) is 6.54. The maximum atomic E-state index is 11.9. The van der Waals surface area contributed by atoms with Crippen LogP contribution in [0.5, 0.6) is 0 Å². The van der Waals surface area contributed by atoms with Crippen LogP contribution in [0, 0.1) is 11.3 Å². The number of amides is 1. The van der Waals surface area contributed by atoms with Crippen LogP contribution < -0.4 is 11.1 Å². The third-order valence-corrected chi connectivity index (χ3v) is 3.04. The number of nitrogen functional groups attached to an aromatic ring is 1. The molecule has 0 unspecified atom stereocenters. The van der Waals surface area contributed by atoms with E-state index < -0.39 is 0 Å². The Hall–Kier alpha value is -2.06. The van der Waals surface area contributed by atoms with Crippen LogP contribution in [0.1, 0.15) is 26.7 Å². The van der Waals surface area contributed by atoms with Crippen LogP contribution in [0.15, 0.2) is 24.3 Å². The largest absolute Gasteiger partial charge is 0.399 e. The predicted molar refractivity (Wildman–Crippen MR) is 81.0 cm³/mol. The van der Waals surface area contributed by atoms with Gasteiger partial charge in [0.1, 0.15) is 0 Å². The highest BCUT2D eigenvalue weighted by Gasteiger charge is 2.11. The number of carbonyl (C=O) groups excluding carboxylic acids is 1. The lowest BCUT2D eigenvalue weighted by molar-refractivity contribution is -0.116. The zero-order valence-corrected chi connectivity index (χ0v) is 12.1. The summed E-state index contributed by atoms with van der Waals surface area (Å²) in [6, 6.07) is 9.57.